The summed E-state index contributed by atoms with van der Waals surface area (Å²) in [6.45, 7) is 3.24. The van der Waals surface area contributed by atoms with Crippen molar-refractivity contribution in [3.63, 3.8) is 0 Å². The zero-order valence-corrected chi connectivity index (χ0v) is 9.63. The average Bonchev–Trinajstić information content (AvgIpc) is 2.58. The van der Waals surface area contributed by atoms with Gasteiger partial charge in [-0.05, 0) is 12.5 Å². The minimum absolute atomic E-state index is 0.594. The van der Waals surface area contributed by atoms with Crippen molar-refractivity contribution < 1.29 is 0 Å². The Hall–Kier alpha value is -0.500. The van der Waals surface area contributed by atoms with Crippen LogP contribution in [0.1, 0.15) is 45.4 Å². The summed E-state index contributed by atoms with van der Waals surface area (Å²) in [6.07, 6.45) is 9.86. The third-order valence-corrected chi connectivity index (χ3v) is 2.55. The molecule has 0 amide bonds. The van der Waals surface area contributed by atoms with Crippen LogP contribution in [-0.4, -0.2) is 9.78 Å². The molecule has 3 heteroatoms. The molecule has 1 aromatic heterocycles. The van der Waals surface area contributed by atoms with E-state index < -0.39 is 0 Å². The summed E-state index contributed by atoms with van der Waals surface area (Å²) in [5.74, 6) is 0. The third-order valence-electron chi connectivity index (χ3n) is 2.35. The number of halogens is 1. The summed E-state index contributed by atoms with van der Waals surface area (Å²) in [7, 11) is 0. The standard InChI is InChI=1S/C11H19ClN2/c1-2-3-4-5-6-7-9-14-10-8-11(12)13-14/h8,10H,2-7,9H2,1H3. The summed E-state index contributed by atoms with van der Waals surface area (Å²) in [6, 6.07) is 1.83. The van der Waals surface area contributed by atoms with E-state index in [1.807, 2.05) is 16.9 Å². The highest BCUT2D eigenvalue weighted by Crippen LogP contribution is 2.07. The molecule has 0 aliphatic rings. The minimum atomic E-state index is 0.594. The first kappa shape index (κ1) is 11.6. The Morgan fingerprint density at radius 2 is 1.93 bits per heavy atom. The van der Waals surface area contributed by atoms with Crippen LogP contribution in [0.25, 0.3) is 0 Å². The summed E-state index contributed by atoms with van der Waals surface area (Å²) < 4.78 is 1.92. The molecule has 0 radical (unpaired) electrons. The molecule has 2 nitrogen and oxygen atoms in total. The quantitative estimate of drug-likeness (QED) is 0.630. The number of nitrogens with zero attached hydrogens (tertiary/aromatic N) is 2. The Bertz CT molecular complexity index is 245. The van der Waals surface area contributed by atoms with Crippen molar-refractivity contribution in [2.45, 2.75) is 52.0 Å². The Morgan fingerprint density at radius 3 is 2.57 bits per heavy atom. The van der Waals surface area contributed by atoms with Crippen LogP contribution in [0.4, 0.5) is 0 Å². The lowest BCUT2D eigenvalue weighted by atomic mass is 10.1. The normalized spacial score (nSPS) is 10.7. The molecule has 1 aromatic rings. The largest absolute Gasteiger partial charge is 0.271 e. The van der Waals surface area contributed by atoms with Crippen molar-refractivity contribution in [1.29, 1.82) is 0 Å². The molecule has 0 aliphatic carbocycles. The van der Waals surface area contributed by atoms with Crippen LogP contribution in [0, 0.1) is 0 Å². The fourth-order valence-electron chi connectivity index (χ4n) is 1.52. The van der Waals surface area contributed by atoms with Crippen LogP contribution in [0.3, 0.4) is 0 Å². The lowest BCUT2D eigenvalue weighted by Gasteiger charge is -2.01. The van der Waals surface area contributed by atoms with Gasteiger partial charge in [-0.15, -0.1) is 0 Å². The number of hydrogen-bond acceptors (Lipinski definition) is 1. The van der Waals surface area contributed by atoms with Gasteiger partial charge in [0.1, 0.15) is 0 Å². The molecule has 80 valence electrons. The van der Waals surface area contributed by atoms with Crippen molar-refractivity contribution in [2.75, 3.05) is 0 Å². The minimum Gasteiger partial charge on any atom is -0.271 e. The van der Waals surface area contributed by atoms with Crippen molar-refractivity contribution >= 4 is 11.6 Å². The van der Waals surface area contributed by atoms with Crippen molar-refractivity contribution in [3.8, 4) is 0 Å². The molecule has 0 N–H and O–H groups in total. The van der Waals surface area contributed by atoms with Gasteiger partial charge in [0.2, 0.25) is 0 Å². The maximum absolute atomic E-state index is 5.71. The van der Waals surface area contributed by atoms with E-state index in [-0.39, 0.29) is 0 Å². The molecule has 0 unspecified atom stereocenters. The van der Waals surface area contributed by atoms with Crippen LogP contribution >= 0.6 is 11.6 Å². The number of unbranched alkanes of at least 4 members (excludes halogenated alkanes) is 5. The molecular weight excluding hydrogens is 196 g/mol. The van der Waals surface area contributed by atoms with Crippen molar-refractivity contribution in [3.05, 3.63) is 17.4 Å². The smallest absolute Gasteiger partial charge is 0.151 e. The lowest BCUT2D eigenvalue weighted by Crippen LogP contribution is -1.98. The maximum atomic E-state index is 5.71. The molecule has 1 heterocycles. The number of aromatic nitrogens is 2. The summed E-state index contributed by atoms with van der Waals surface area (Å²) >= 11 is 5.71. The number of rotatable bonds is 7. The Balaban J connectivity index is 1.99. The van der Waals surface area contributed by atoms with E-state index in [0.29, 0.717) is 5.15 Å². The Morgan fingerprint density at radius 1 is 1.21 bits per heavy atom. The molecule has 0 aromatic carbocycles. The van der Waals surface area contributed by atoms with E-state index in [1.54, 1.807) is 0 Å². The second-order valence-corrected chi connectivity index (χ2v) is 4.06. The van der Waals surface area contributed by atoms with Gasteiger partial charge in [0.15, 0.2) is 5.15 Å². The monoisotopic (exact) mass is 214 g/mol. The van der Waals surface area contributed by atoms with Crippen LogP contribution < -0.4 is 0 Å². The molecule has 0 fully saturated rings. The van der Waals surface area contributed by atoms with Gasteiger partial charge in [0.25, 0.3) is 0 Å². The van der Waals surface area contributed by atoms with Gasteiger partial charge in [-0.2, -0.15) is 5.10 Å². The summed E-state index contributed by atoms with van der Waals surface area (Å²) in [4.78, 5) is 0. The zero-order valence-electron chi connectivity index (χ0n) is 8.88. The first-order valence-electron chi connectivity index (χ1n) is 5.52. The first-order valence-corrected chi connectivity index (χ1v) is 5.89. The summed E-state index contributed by atoms with van der Waals surface area (Å²) in [5, 5.41) is 4.72. The number of aryl methyl sites for hydroxylation is 1. The molecule has 0 saturated carbocycles. The van der Waals surface area contributed by atoms with Gasteiger partial charge >= 0.3 is 0 Å². The predicted molar refractivity (Wildman–Crippen MR) is 60.6 cm³/mol. The Labute approximate surface area is 91.3 Å². The molecule has 0 saturated heterocycles. The SMILES string of the molecule is CCCCCCCCn1ccc(Cl)n1. The Kier molecular flexibility index (Phi) is 5.69. The highest BCUT2D eigenvalue weighted by atomic mass is 35.5. The first-order chi connectivity index (χ1) is 6.83. The molecule has 0 atom stereocenters. The van der Waals surface area contributed by atoms with E-state index in [2.05, 4.69) is 12.0 Å². The van der Waals surface area contributed by atoms with E-state index in [4.69, 9.17) is 11.6 Å². The molecule has 0 bridgehead atoms. The van der Waals surface area contributed by atoms with E-state index in [9.17, 15) is 0 Å². The van der Waals surface area contributed by atoms with Crippen LogP contribution in [0.15, 0.2) is 12.3 Å². The second-order valence-electron chi connectivity index (χ2n) is 3.67. The van der Waals surface area contributed by atoms with Crippen LogP contribution in [0.5, 0.6) is 0 Å². The lowest BCUT2D eigenvalue weighted by molar-refractivity contribution is 0.527. The summed E-state index contributed by atoms with van der Waals surface area (Å²) in [5.41, 5.74) is 0. The fourth-order valence-corrected chi connectivity index (χ4v) is 1.67. The molecular formula is C11H19ClN2. The van der Waals surface area contributed by atoms with Crippen molar-refractivity contribution in [1.82, 2.24) is 9.78 Å². The van der Waals surface area contributed by atoms with Crippen LogP contribution in [-0.2, 0) is 6.54 Å². The maximum Gasteiger partial charge on any atom is 0.151 e. The molecule has 14 heavy (non-hydrogen) atoms. The van der Waals surface area contributed by atoms with E-state index in [0.717, 1.165) is 6.54 Å². The van der Waals surface area contributed by atoms with Gasteiger partial charge in [-0.1, -0.05) is 50.6 Å². The van der Waals surface area contributed by atoms with Gasteiger partial charge in [0.05, 0.1) is 0 Å². The predicted octanol–water partition coefficient (Wildman–Crippen LogP) is 3.90. The van der Waals surface area contributed by atoms with Gasteiger partial charge in [-0.25, -0.2) is 0 Å². The highest BCUT2D eigenvalue weighted by Gasteiger charge is 1.95. The molecule has 0 aliphatic heterocycles. The topological polar surface area (TPSA) is 17.8 Å². The highest BCUT2D eigenvalue weighted by molar-refractivity contribution is 6.29. The second kappa shape index (κ2) is 6.88. The van der Waals surface area contributed by atoms with Crippen molar-refractivity contribution in [2.24, 2.45) is 0 Å². The fraction of sp³-hybridized carbons (Fsp3) is 0.727. The third kappa shape index (κ3) is 4.66. The average molecular weight is 215 g/mol. The molecule has 0 spiro atoms. The molecule has 1 rings (SSSR count). The van der Waals surface area contributed by atoms with E-state index >= 15 is 0 Å². The zero-order chi connectivity index (χ0) is 10.2. The van der Waals surface area contributed by atoms with Gasteiger partial charge < -0.3 is 0 Å². The van der Waals surface area contributed by atoms with E-state index in [1.165, 1.54) is 38.5 Å². The van der Waals surface area contributed by atoms with Crippen LogP contribution in [0.2, 0.25) is 5.15 Å². The van der Waals surface area contributed by atoms with Gasteiger partial charge in [0, 0.05) is 12.7 Å². The number of hydrogen-bond donors (Lipinski definition) is 0. The van der Waals surface area contributed by atoms with Gasteiger partial charge in [-0.3, -0.25) is 4.68 Å².